The number of amides is 1. The fraction of sp³-hybridized carbons (Fsp3) is 0.611. The Morgan fingerprint density at radius 3 is 2.74 bits per heavy atom. The lowest BCUT2D eigenvalue weighted by molar-refractivity contribution is -0.127. The minimum absolute atomic E-state index is 0.0653. The Labute approximate surface area is 165 Å². The summed E-state index contributed by atoms with van der Waals surface area (Å²) in [6.45, 7) is 3.69. The Morgan fingerprint density at radius 1 is 1.30 bits per heavy atom. The number of anilines is 1. The molecule has 0 saturated carbocycles. The Morgan fingerprint density at radius 2 is 2.04 bits per heavy atom. The van der Waals surface area contributed by atoms with Crippen LogP contribution in [-0.2, 0) is 14.8 Å². The Balaban J connectivity index is 1.58. The van der Waals surface area contributed by atoms with Crippen LogP contribution in [0.2, 0.25) is 5.02 Å². The number of likely N-dealkylation sites (tertiary alicyclic amines) is 1. The van der Waals surface area contributed by atoms with Gasteiger partial charge in [0, 0.05) is 11.6 Å². The molecule has 1 aromatic carbocycles. The van der Waals surface area contributed by atoms with Gasteiger partial charge in [0.25, 0.3) is 5.91 Å². The molecule has 7 nitrogen and oxygen atoms in total. The predicted molar refractivity (Wildman–Crippen MR) is 106 cm³/mol. The molecule has 3 rings (SSSR count). The van der Waals surface area contributed by atoms with Crippen molar-refractivity contribution >= 4 is 33.2 Å². The number of fused-ring (bicyclic) bond motifs is 1. The molecule has 1 atom stereocenters. The summed E-state index contributed by atoms with van der Waals surface area (Å²) in [4.78, 5) is 14.9. The molecule has 0 aliphatic carbocycles. The smallest absolute Gasteiger partial charge is 0.263 e. The SMILES string of the molecule is CS(=O)(=O)N1C[C@@H](C(=O)NCCCN2CCCCC2)Oc2ccc(Cl)cc21. The number of carbonyl (C=O) groups is 1. The van der Waals surface area contributed by atoms with Crippen LogP contribution in [0.5, 0.6) is 5.75 Å². The van der Waals surface area contributed by atoms with Crippen molar-refractivity contribution in [2.75, 3.05) is 43.3 Å². The van der Waals surface area contributed by atoms with E-state index < -0.39 is 16.1 Å². The first kappa shape index (κ1) is 20.2. The van der Waals surface area contributed by atoms with Gasteiger partial charge < -0.3 is 15.0 Å². The molecule has 150 valence electrons. The van der Waals surface area contributed by atoms with Crippen molar-refractivity contribution in [1.82, 2.24) is 10.2 Å². The van der Waals surface area contributed by atoms with Crippen LogP contribution in [0.15, 0.2) is 18.2 Å². The molecule has 0 radical (unpaired) electrons. The van der Waals surface area contributed by atoms with E-state index in [4.69, 9.17) is 16.3 Å². The molecule has 9 heteroatoms. The van der Waals surface area contributed by atoms with Crippen molar-refractivity contribution in [2.24, 2.45) is 0 Å². The maximum atomic E-state index is 12.5. The van der Waals surface area contributed by atoms with E-state index in [9.17, 15) is 13.2 Å². The van der Waals surface area contributed by atoms with Crippen LogP contribution < -0.4 is 14.4 Å². The van der Waals surface area contributed by atoms with Gasteiger partial charge in [0.2, 0.25) is 10.0 Å². The van der Waals surface area contributed by atoms with E-state index in [0.29, 0.717) is 23.0 Å². The van der Waals surface area contributed by atoms with Gasteiger partial charge in [0.05, 0.1) is 18.5 Å². The third-order valence-corrected chi connectivity index (χ3v) is 6.26. The summed E-state index contributed by atoms with van der Waals surface area (Å²) in [7, 11) is -3.55. The normalized spacial score (nSPS) is 20.7. The molecule has 1 N–H and O–H groups in total. The predicted octanol–water partition coefficient (Wildman–Crippen LogP) is 1.86. The third kappa shape index (κ3) is 5.27. The summed E-state index contributed by atoms with van der Waals surface area (Å²) in [5.41, 5.74) is 0.360. The second-order valence-electron chi connectivity index (χ2n) is 7.06. The Kier molecular flexibility index (Phi) is 6.49. The number of nitrogens with one attached hydrogen (secondary N) is 1. The second-order valence-corrected chi connectivity index (χ2v) is 9.40. The van der Waals surface area contributed by atoms with Crippen LogP contribution in [0.25, 0.3) is 0 Å². The summed E-state index contributed by atoms with van der Waals surface area (Å²) < 4.78 is 31.2. The monoisotopic (exact) mass is 415 g/mol. The zero-order valence-electron chi connectivity index (χ0n) is 15.5. The molecular formula is C18H26ClN3O4S. The minimum Gasteiger partial charge on any atom is -0.476 e. The average Bonchev–Trinajstić information content (AvgIpc) is 2.64. The summed E-state index contributed by atoms with van der Waals surface area (Å²) in [5, 5.41) is 3.28. The largest absolute Gasteiger partial charge is 0.476 e. The van der Waals surface area contributed by atoms with Gasteiger partial charge in [-0.05, 0) is 57.1 Å². The van der Waals surface area contributed by atoms with Crippen molar-refractivity contribution in [3.8, 4) is 5.75 Å². The lowest BCUT2D eigenvalue weighted by Gasteiger charge is -2.34. The Hall–Kier alpha value is -1.51. The number of ether oxygens (including phenoxy) is 1. The maximum absolute atomic E-state index is 12.5. The molecule has 0 aromatic heterocycles. The van der Waals surface area contributed by atoms with Gasteiger partial charge in [0.15, 0.2) is 6.10 Å². The molecule has 0 spiro atoms. The van der Waals surface area contributed by atoms with Crippen molar-refractivity contribution in [3.05, 3.63) is 23.2 Å². The quantitative estimate of drug-likeness (QED) is 0.717. The molecule has 2 heterocycles. The third-order valence-electron chi connectivity index (χ3n) is 4.88. The molecular weight excluding hydrogens is 390 g/mol. The van der Waals surface area contributed by atoms with Gasteiger partial charge in [-0.2, -0.15) is 0 Å². The molecule has 1 saturated heterocycles. The van der Waals surface area contributed by atoms with Gasteiger partial charge in [-0.15, -0.1) is 0 Å². The summed E-state index contributed by atoms with van der Waals surface area (Å²) >= 11 is 5.98. The van der Waals surface area contributed by atoms with Gasteiger partial charge in [0.1, 0.15) is 5.75 Å². The first-order chi connectivity index (χ1) is 12.8. The number of hydrogen-bond acceptors (Lipinski definition) is 5. The number of piperidine rings is 1. The van der Waals surface area contributed by atoms with E-state index in [0.717, 1.165) is 32.3 Å². The standard InChI is InChI=1S/C18H26ClN3O4S/c1-27(24,25)22-13-17(26-16-7-6-14(19)12-15(16)22)18(23)20-8-5-11-21-9-3-2-4-10-21/h6-7,12,17H,2-5,8-11,13H2,1H3,(H,20,23)/t17-/m0/s1. The molecule has 27 heavy (non-hydrogen) atoms. The zero-order valence-corrected chi connectivity index (χ0v) is 17.1. The minimum atomic E-state index is -3.55. The number of hydrogen-bond donors (Lipinski definition) is 1. The second kappa shape index (κ2) is 8.67. The van der Waals surface area contributed by atoms with Crippen molar-refractivity contribution in [2.45, 2.75) is 31.8 Å². The molecule has 1 fully saturated rings. The highest BCUT2D eigenvalue weighted by atomic mass is 35.5. The maximum Gasteiger partial charge on any atom is 0.263 e. The fourth-order valence-electron chi connectivity index (χ4n) is 3.49. The number of rotatable bonds is 6. The highest BCUT2D eigenvalue weighted by molar-refractivity contribution is 7.92. The van der Waals surface area contributed by atoms with E-state index in [-0.39, 0.29) is 12.5 Å². The molecule has 1 amide bonds. The summed E-state index contributed by atoms with van der Waals surface area (Å²) in [6, 6.07) is 4.73. The highest BCUT2D eigenvalue weighted by Gasteiger charge is 2.35. The van der Waals surface area contributed by atoms with Crippen molar-refractivity contribution in [3.63, 3.8) is 0 Å². The van der Waals surface area contributed by atoms with E-state index in [1.54, 1.807) is 12.1 Å². The summed E-state index contributed by atoms with van der Waals surface area (Å²) in [5.74, 6) is 0.0347. The number of carbonyl (C=O) groups excluding carboxylic acids is 1. The lowest BCUT2D eigenvalue weighted by Crippen LogP contribution is -2.50. The van der Waals surface area contributed by atoms with Gasteiger partial charge >= 0.3 is 0 Å². The highest BCUT2D eigenvalue weighted by Crippen LogP contribution is 2.37. The molecule has 0 bridgehead atoms. The van der Waals surface area contributed by atoms with Crippen LogP contribution in [-0.4, -0.2) is 64.3 Å². The van der Waals surface area contributed by atoms with Gasteiger partial charge in [-0.25, -0.2) is 8.42 Å². The molecule has 2 aliphatic rings. The number of sulfonamides is 1. The van der Waals surface area contributed by atoms with Gasteiger partial charge in [-0.3, -0.25) is 9.10 Å². The summed E-state index contributed by atoms with van der Waals surface area (Å²) in [6.07, 6.45) is 4.87. The van der Waals surface area contributed by atoms with Crippen molar-refractivity contribution in [1.29, 1.82) is 0 Å². The van der Waals surface area contributed by atoms with Crippen LogP contribution in [0.3, 0.4) is 0 Å². The molecule has 2 aliphatic heterocycles. The molecule has 1 aromatic rings. The lowest BCUT2D eigenvalue weighted by atomic mass is 10.1. The average molecular weight is 416 g/mol. The molecule has 0 unspecified atom stereocenters. The number of benzene rings is 1. The fourth-order valence-corrected chi connectivity index (χ4v) is 4.56. The first-order valence-corrected chi connectivity index (χ1v) is 11.5. The van der Waals surface area contributed by atoms with Gasteiger partial charge in [-0.1, -0.05) is 18.0 Å². The van der Waals surface area contributed by atoms with E-state index >= 15 is 0 Å². The van der Waals surface area contributed by atoms with E-state index in [2.05, 4.69) is 10.2 Å². The van der Waals surface area contributed by atoms with Crippen LogP contribution in [0.1, 0.15) is 25.7 Å². The first-order valence-electron chi connectivity index (χ1n) is 9.28. The number of nitrogens with zero attached hydrogens (tertiary/aromatic N) is 2. The van der Waals surface area contributed by atoms with E-state index in [1.165, 1.54) is 29.6 Å². The topological polar surface area (TPSA) is 79.0 Å². The van der Waals surface area contributed by atoms with E-state index in [1.807, 2.05) is 0 Å². The number of halogens is 1. The van der Waals surface area contributed by atoms with Crippen LogP contribution >= 0.6 is 11.6 Å². The van der Waals surface area contributed by atoms with Crippen LogP contribution in [0, 0.1) is 0 Å². The Bertz CT molecular complexity index is 781. The van der Waals surface area contributed by atoms with Crippen molar-refractivity contribution < 1.29 is 17.9 Å². The van der Waals surface area contributed by atoms with Crippen LogP contribution in [0.4, 0.5) is 5.69 Å². The zero-order chi connectivity index (χ0) is 19.4.